The molecule has 0 spiro atoms. The molecule has 0 bridgehead atoms. The van der Waals surface area contributed by atoms with Crippen LogP contribution in [-0.4, -0.2) is 80.0 Å². The van der Waals surface area contributed by atoms with E-state index in [2.05, 4.69) is 32.8 Å². The number of carbonyl (C=O) groups excluding carboxylic acids is 1. The van der Waals surface area contributed by atoms with Crippen LogP contribution >= 0.6 is 0 Å². The number of hydrogen-bond acceptors (Lipinski definition) is 5. The number of rotatable bonds is 11. The molecule has 1 aromatic carbocycles. The number of unbranched alkanes of at least 4 members (excludes halogenated alkanes) is 1. The molecule has 8 nitrogen and oxygen atoms in total. The number of amides is 1. The predicted octanol–water partition coefficient (Wildman–Crippen LogP) is 1.35. The summed E-state index contributed by atoms with van der Waals surface area (Å²) >= 11 is 0. The fourth-order valence-corrected chi connectivity index (χ4v) is 3.33. The largest absolute Gasteiger partial charge is 0.387 e. The van der Waals surface area contributed by atoms with Gasteiger partial charge in [-0.05, 0) is 38.0 Å². The SMILES string of the molecule is CCCCNC(=O)c1ccc(CN=C(NCC)NCC(C)(O)CN2CCOCC2)cc1. The number of guanidine groups is 1. The molecule has 1 fully saturated rings. The van der Waals surface area contributed by atoms with Gasteiger partial charge >= 0.3 is 0 Å². The number of nitrogens with one attached hydrogen (secondary N) is 3. The quantitative estimate of drug-likeness (QED) is 0.239. The highest BCUT2D eigenvalue weighted by Gasteiger charge is 2.25. The summed E-state index contributed by atoms with van der Waals surface area (Å²) in [7, 11) is 0. The molecular formula is C23H39N5O3. The Morgan fingerprint density at radius 1 is 1.16 bits per heavy atom. The zero-order valence-electron chi connectivity index (χ0n) is 19.2. The van der Waals surface area contributed by atoms with E-state index in [1.165, 1.54) is 0 Å². The third-order valence-electron chi connectivity index (χ3n) is 5.10. The van der Waals surface area contributed by atoms with Gasteiger partial charge in [-0.3, -0.25) is 9.69 Å². The number of β-amino-alcohol motifs (C(OH)–C–C–N with tert-alkyl or cyclic N) is 1. The number of aliphatic imine (C=N–C) groups is 1. The van der Waals surface area contributed by atoms with Crippen molar-refractivity contribution in [2.75, 3.05) is 52.5 Å². The number of benzene rings is 1. The lowest BCUT2D eigenvalue weighted by molar-refractivity contribution is -0.0201. The number of carbonyl (C=O) groups is 1. The lowest BCUT2D eigenvalue weighted by atomic mass is 10.1. The lowest BCUT2D eigenvalue weighted by Gasteiger charge is -2.34. The van der Waals surface area contributed by atoms with Crippen LogP contribution in [0.15, 0.2) is 29.3 Å². The summed E-state index contributed by atoms with van der Waals surface area (Å²) in [4.78, 5) is 18.9. The Morgan fingerprint density at radius 3 is 2.52 bits per heavy atom. The summed E-state index contributed by atoms with van der Waals surface area (Å²) in [6.45, 7) is 12.0. The monoisotopic (exact) mass is 433 g/mol. The van der Waals surface area contributed by atoms with Crippen molar-refractivity contribution in [2.45, 2.75) is 45.8 Å². The first-order valence-electron chi connectivity index (χ1n) is 11.4. The van der Waals surface area contributed by atoms with Crippen LogP contribution in [0.3, 0.4) is 0 Å². The van der Waals surface area contributed by atoms with Gasteiger partial charge in [-0.2, -0.15) is 0 Å². The van der Waals surface area contributed by atoms with E-state index in [0.29, 0.717) is 50.9 Å². The normalized spacial score (nSPS) is 17.1. The van der Waals surface area contributed by atoms with E-state index < -0.39 is 5.60 Å². The van der Waals surface area contributed by atoms with Gasteiger partial charge in [0.15, 0.2) is 5.96 Å². The zero-order chi connectivity index (χ0) is 22.5. The third kappa shape index (κ3) is 9.67. The van der Waals surface area contributed by atoms with Gasteiger partial charge in [0.2, 0.25) is 0 Å². The second-order valence-electron chi connectivity index (χ2n) is 8.24. The minimum absolute atomic E-state index is 0.0407. The Labute approximate surface area is 186 Å². The van der Waals surface area contributed by atoms with Gasteiger partial charge in [0, 0.05) is 44.8 Å². The Balaban J connectivity index is 1.86. The van der Waals surface area contributed by atoms with Crippen molar-refractivity contribution in [3.8, 4) is 0 Å². The number of ether oxygens (including phenoxy) is 1. The van der Waals surface area contributed by atoms with Crippen LogP contribution in [-0.2, 0) is 11.3 Å². The van der Waals surface area contributed by atoms with Gasteiger partial charge in [-0.1, -0.05) is 25.5 Å². The highest BCUT2D eigenvalue weighted by Crippen LogP contribution is 2.08. The maximum Gasteiger partial charge on any atom is 0.251 e. The topological polar surface area (TPSA) is 98.2 Å². The third-order valence-corrected chi connectivity index (χ3v) is 5.10. The highest BCUT2D eigenvalue weighted by molar-refractivity contribution is 5.94. The number of aliphatic hydroxyl groups is 1. The van der Waals surface area contributed by atoms with Crippen molar-refractivity contribution < 1.29 is 14.6 Å². The van der Waals surface area contributed by atoms with Gasteiger partial charge in [-0.15, -0.1) is 0 Å². The first-order valence-corrected chi connectivity index (χ1v) is 11.4. The summed E-state index contributed by atoms with van der Waals surface area (Å²) in [5.74, 6) is 0.618. The maximum atomic E-state index is 12.1. The molecule has 1 saturated heterocycles. The van der Waals surface area contributed by atoms with Gasteiger partial charge in [0.1, 0.15) is 0 Å². The van der Waals surface area contributed by atoms with E-state index >= 15 is 0 Å². The number of hydrogen-bond donors (Lipinski definition) is 4. The van der Waals surface area contributed by atoms with Crippen molar-refractivity contribution in [3.05, 3.63) is 35.4 Å². The molecule has 0 saturated carbocycles. The van der Waals surface area contributed by atoms with Crippen LogP contribution < -0.4 is 16.0 Å². The molecule has 1 aromatic rings. The summed E-state index contributed by atoms with van der Waals surface area (Å²) in [6, 6.07) is 7.52. The second-order valence-corrected chi connectivity index (χ2v) is 8.24. The standard InChI is InChI=1S/C23H39N5O3/c1-4-6-11-25-21(29)20-9-7-19(8-10-20)16-26-22(24-5-2)27-17-23(3,30)18-28-12-14-31-15-13-28/h7-10,30H,4-6,11-18H2,1-3H3,(H,25,29)(H2,24,26,27). The molecular weight excluding hydrogens is 394 g/mol. The molecule has 1 aliphatic heterocycles. The molecule has 1 aliphatic rings. The van der Waals surface area contributed by atoms with Gasteiger partial charge < -0.3 is 25.8 Å². The molecule has 1 heterocycles. The Bertz CT molecular complexity index is 685. The van der Waals surface area contributed by atoms with E-state index in [-0.39, 0.29) is 5.91 Å². The Kier molecular flexibility index (Phi) is 10.8. The van der Waals surface area contributed by atoms with Gasteiger partial charge in [0.05, 0.1) is 25.4 Å². The van der Waals surface area contributed by atoms with Crippen LogP contribution in [0.1, 0.15) is 49.5 Å². The molecule has 174 valence electrons. The van der Waals surface area contributed by atoms with Crippen LogP contribution in [0.25, 0.3) is 0 Å². The summed E-state index contributed by atoms with van der Waals surface area (Å²) < 4.78 is 5.37. The predicted molar refractivity (Wildman–Crippen MR) is 124 cm³/mol. The van der Waals surface area contributed by atoms with Crippen LogP contribution in [0, 0.1) is 0 Å². The Hall–Kier alpha value is -2.16. The summed E-state index contributed by atoms with van der Waals surface area (Å²) in [6.07, 6.45) is 2.04. The van der Waals surface area contributed by atoms with E-state index in [4.69, 9.17) is 4.74 Å². The fourth-order valence-electron chi connectivity index (χ4n) is 3.33. The molecule has 0 radical (unpaired) electrons. The minimum Gasteiger partial charge on any atom is -0.387 e. The summed E-state index contributed by atoms with van der Waals surface area (Å²) in [5.41, 5.74) is 0.802. The zero-order valence-corrected chi connectivity index (χ0v) is 19.2. The average molecular weight is 434 g/mol. The van der Waals surface area contributed by atoms with Crippen molar-refractivity contribution >= 4 is 11.9 Å². The van der Waals surface area contributed by atoms with Crippen molar-refractivity contribution in [2.24, 2.45) is 4.99 Å². The molecule has 0 aromatic heterocycles. The van der Waals surface area contributed by atoms with Gasteiger partial charge in [0.25, 0.3) is 5.91 Å². The summed E-state index contributed by atoms with van der Waals surface area (Å²) in [5, 5.41) is 20.2. The first kappa shape index (κ1) is 25.1. The fraction of sp³-hybridized carbons (Fsp3) is 0.652. The molecule has 0 aliphatic carbocycles. The smallest absolute Gasteiger partial charge is 0.251 e. The number of nitrogens with zero attached hydrogens (tertiary/aromatic N) is 2. The van der Waals surface area contributed by atoms with Crippen molar-refractivity contribution in [1.82, 2.24) is 20.9 Å². The van der Waals surface area contributed by atoms with E-state index in [1.807, 2.05) is 38.1 Å². The van der Waals surface area contributed by atoms with E-state index in [9.17, 15) is 9.90 Å². The molecule has 8 heteroatoms. The van der Waals surface area contributed by atoms with Crippen LogP contribution in [0.4, 0.5) is 0 Å². The molecule has 31 heavy (non-hydrogen) atoms. The van der Waals surface area contributed by atoms with E-state index in [1.54, 1.807) is 0 Å². The molecule has 1 amide bonds. The highest BCUT2D eigenvalue weighted by atomic mass is 16.5. The minimum atomic E-state index is -0.875. The van der Waals surface area contributed by atoms with Crippen LogP contribution in [0.5, 0.6) is 0 Å². The van der Waals surface area contributed by atoms with Crippen LogP contribution in [0.2, 0.25) is 0 Å². The van der Waals surface area contributed by atoms with Gasteiger partial charge in [-0.25, -0.2) is 4.99 Å². The molecule has 2 rings (SSSR count). The first-order chi connectivity index (χ1) is 14.9. The average Bonchev–Trinajstić information content (AvgIpc) is 2.76. The maximum absolute atomic E-state index is 12.1. The van der Waals surface area contributed by atoms with E-state index in [0.717, 1.165) is 38.0 Å². The molecule has 1 atom stereocenters. The number of morpholine rings is 1. The van der Waals surface area contributed by atoms with Crippen molar-refractivity contribution in [3.63, 3.8) is 0 Å². The molecule has 1 unspecified atom stereocenters. The Morgan fingerprint density at radius 2 is 1.87 bits per heavy atom. The lowest BCUT2D eigenvalue weighted by Crippen LogP contribution is -2.52. The second kappa shape index (κ2) is 13.3. The van der Waals surface area contributed by atoms with Crippen molar-refractivity contribution in [1.29, 1.82) is 0 Å². The molecule has 4 N–H and O–H groups in total.